The van der Waals surface area contributed by atoms with E-state index in [1.54, 1.807) is 37.3 Å². The lowest BCUT2D eigenvalue weighted by atomic mass is 10.2. The molecule has 0 unspecified atom stereocenters. The van der Waals surface area contributed by atoms with E-state index in [1.807, 2.05) is 0 Å². The van der Waals surface area contributed by atoms with E-state index in [-0.39, 0.29) is 4.90 Å². The molecule has 0 saturated heterocycles. The Hall–Kier alpha value is -2.78. The van der Waals surface area contributed by atoms with Crippen LogP contribution in [0.4, 0.5) is 5.69 Å². The number of rotatable bonds is 8. The molecule has 0 atom stereocenters. The maximum Gasteiger partial charge on any atom is 0.241 e. The van der Waals surface area contributed by atoms with Crippen molar-refractivity contribution in [3.63, 3.8) is 0 Å². The molecule has 0 aliphatic carbocycles. The van der Waals surface area contributed by atoms with Gasteiger partial charge in [-0.25, -0.2) is 13.1 Å². The second-order valence-electron chi connectivity index (χ2n) is 5.57. The van der Waals surface area contributed by atoms with Crippen molar-refractivity contribution in [1.82, 2.24) is 4.72 Å². The third-order valence-corrected chi connectivity index (χ3v) is 5.32. The molecule has 0 bridgehead atoms. The van der Waals surface area contributed by atoms with Crippen molar-refractivity contribution < 1.29 is 27.4 Å². The zero-order valence-electron chi connectivity index (χ0n) is 15.5. The maximum atomic E-state index is 12.4. The van der Waals surface area contributed by atoms with E-state index < -0.39 is 22.5 Å². The lowest BCUT2D eigenvalue weighted by Crippen LogP contribution is -2.33. The minimum absolute atomic E-state index is 0.0854. The Bertz CT molecular complexity index is 927. The fourth-order valence-corrected chi connectivity index (χ4v) is 3.61. The van der Waals surface area contributed by atoms with Crippen molar-refractivity contribution in [2.24, 2.45) is 0 Å². The first-order valence-electron chi connectivity index (χ1n) is 7.97. The summed E-state index contributed by atoms with van der Waals surface area (Å²) in [5.74, 6) is 1.01. The van der Waals surface area contributed by atoms with Gasteiger partial charge in [-0.2, -0.15) is 0 Å². The van der Waals surface area contributed by atoms with Crippen LogP contribution in [0.2, 0.25) is 0 Å². The summed E-state index contributed by atoms with van der Waals surface area (Å²) in [6, 6.07) is 9.44. The van der Waals surface area contributed by atoms with Crippen molar-refractivity contribution in [2.75, 3.05) is 33.2 Å². The van der Waals surface area contributed by atoms with Crippen LogP contribution in [-0.2, 0) is 14.8 Å². The molecule has 0 aromatic heterocycles. The zero-order chi connectivity index (χ0) is 20.0. The van der Waals surface area contributed by atoms with Gasteiger partial charge in [-0.15, -0.1) is 0 Å². The van der Waals surface area contributed by atoms with Gasteiger partial charge in [0, 0.05) is 11.8 Å². The summed E-state index contributed by atoms with van der Waals surface area (Å²) < 4.78 is 42.5. The highest BCUT2D eigenvalue weighted by molar-refractivity contribution is 7.89. The Kier molecular flexibility index (Phi) is 6.65. The highest BCUT2D eigenvalue weighted by Crippen LogP contribution is 2.29. The number of nitrogens with one attached hydrogen (secondary N) is 2. The van der Waals surface area contributed by atoms with Gasteiger partial charge in [0.15, 0.2) is 11.5 Å². The lowest BCUT2D eigenvalue weighted by molar-refractivity contribution is -0.115. The number of carbonyl (C=O) groups excluding carboxylic acids is 1. The SMILES string of the molecule is COc1ccc(S(=O)(=O)NCC(=O)Nc2ccc(OC)c(OC)c2)c(C)c1. The first-order valence-corrected chi connectivity index (χ1v) is 9.45. The number of carbonyl (C=O) groups is 1. The zero-order valence-corrected chi connectivity index (χ0v) is 16.3. The van der Waals surface area contributed by atoms with Crippen LogP contribution in [-0.4, -0.2) is 42.2 Å². The average molecular weight is 394 g/mol. The number of sulfonamides is 1. The summed E-state index contributed by atoms with van der Waals surface area (Å²) in [7, 11) is 0.649. The van der Waals surface area contributed by atoms with Crippen molar-refractivity contribution in [2.45, 2.75) is 11.8 Å². The largest absolute Gasteiger partial charge is 0.497 e. The number of aryl methyl sites for hydroxylation is 1. The molecule has 0 fully saturated rings. The molecule has 0 heterocycles. The van der Waals surface area contributed by atoms with Crippen LogP contribution in [0.1, 0.15) is 5.56 Å². The molecule has 2 N–H and O–H groups in total. The van der Waals surface area contributed by atoms with E-state index >= 15 is 0 Å². The number of hydrogen-bond acceptors (Lipinski definition) is 6. The Morgan fingerprint density at radius 3 is 2.26 bits per heavy atom. The number of amides is 1. The molecule has 0 radical (unpaired) electrons. The molecule has 2 aromatic carbocycles. The van der Waals surface area contributed by atoms with Crippen LogP contribution in [0.25, 0.3) is 0 Å². The van der Waals surface area contributed by atoms with E-state index in [9.17, 15) is 13.2 Å². The Morgan fingerprint density at radius 2 is 1.67 bits per heavy atom. The van der Waals surface area contributed by atoms with E-state index in [0.29, 0.717) is 28.5 Å². The number of anilines is 1. The third kappa shape index (κ3) is 5.11. The lowest BCUT2D eigenvalue weighted by Gasteiger charge is -2.12. The molecule has 8 nitrogen and oxygen atoms in total. The standard InChI is InChI=1S/C18H22N2O6S/c1-12-9-14(24-2)6-8-17(12)27(22,23)19-11-18(21)20-13-5-7-15(25-3)16(10-13)26-4/h5-10,19H,11H2,1-4H3,(H,20,21). The summed E-state index contributed by atoms with van der Waals surface area (Å²) in [6.07, 6.45) is 0. The molecular weight excluding hydrogens is 372 g/mol. The Balaban J connectivity index is 2.04. The van der Waals surface area contributed by atoms with Gasteiger partial charge in [0.2, 0.25) is 15.9 Å². The maximum absolute atomic E-state index is 12.4. The first-order chi connectivity index (χ1) is 12.8. The monoisotopic (exact) mass is 394 g/mol. The molecule has 0 spiro atoms. The van der Waals surface area contributed by atoms with Crippen LogP contribution >= 0.6 is 0 Å². The summed E-state index contributed by atoms with van der Waals surface area (Å²) >= 11 is 0. The van der Waals surface area contributed by atoms with E-state index in [2.05, 4.69) is 10.0 Å². The molecule has 0 saturated carbocycles. The summed E-state index contributed by atoms with van der Waals surface area (Å²) in [4.78, 5) is 12.2. The number of ether oxygens (including phenoxy) is 3. The van der Waals surface area contributed by atoms with Gasteiger partial charge in [-0.05, 0) is 42.8 Å². The smallest absolute Gasteiger partial charge is 0.241 e. The van der Waals surface area contributed by atoms with Crippen molar-refractivity contribution in [1.29, 1.82) is 0 Å². The number of benzene rings is 2. The van der Waals surface area contributed by atoms with Gasteiger partial charge < -0.3 is 19.5 Å². The Morgan fingerprint density at radius 1 is 0.963 bits per heavy atom. The molecule has 0 aliphatic heterocycles. The van der Waals surface area contributed by atoms with E-state index in [1.165, 1.54) is 27.4 Å². The van der Waals surface area contributed by atoms with Crippen molar-refractivity contribution in [3.8, 4) is 17.2 Å². The molecule has 146 valence electrons. The summed E-state index contributed by atoms with van der Waals surface area (Å²) in [6.45, 7) is 1.24. The van der Waals surface area contributed by atoms with Crippen LogP contribution in [0.5, 0.6) is 17.2 Å². The van der Waals surface area contributed by atoms with Gasteiger partial charge in [0.1, 0.15) is 5.75 Å². The summed E-state index contributed by atoms with van der Waals surface area (Å²) in [5, 5.41) is 2.60. The molecule has 0 aliphatic rings. The second-order valence-corrected chi connectivity index (χ2v) is 7.31. The van der Waals surface area contributed by atoms with E-state index in [0.717, 1.165) is 0 Å². The third-order valence-electron chi connectivity index (χ3n) is 3.76. The second kappa shape index (κ2) is 8.74. The van der Waals surface area contributed by atoms with Gasteiger partial charge in [0.25, 0.3) is 0 Å². The molecule has 27 heavy (non-hydrogen) atoms. The van der Waals surface area contributed by atoms with Crippen molar-refractivity contribution >= 4 is 21.6 Å². The fraction of sp³-hybridized carbons (Fsp3) is 0.278. The average Bonchev–Trinajstić information content (AvgIpc) is 2.66. The number of methoxy groups -OCH3 is 3. The minimum atomic E-state index is -3.84. The molecule has 9 heteroatoms. The molecule has 2 rings (SSSR count). The molecule has 1 amide bonds. The Labute approximate surface area is 158 Å². The predicted molar refractivity (Wildman–Crippen MR) is 101 cm³/mol. The van der Waals surface area contributed by atoms with Gasteiger partial charge >= 0.3 is 0 Å². The topological polar surface area (TPSA) is 103 Å². The quantitative estimate of drug-likeness (QED) is 0.709. The van der Waals surface area contributed by atoms with Gasteiger partial charge in [-0.1, -0.05) is 0 Å². The van der Waals surface area contributed by atoms with Crippen LogP contribution in [0.3, 0.4) is 0 Å². The number of hydrogen-bond donors (Lipinski definition) is 2. The molecule has 2 aromatic rings. The van der Waals surface area contributed by atoms with Crippen molar-refractivity contribution in [3.05, 3.63) is 42.0 Å². The van der Waals surface area contributed by atoms with E-state index in [4.69, 9.17) is 14.2 Å². The summed E-state index contributed by atoms with van der Waals surface area (Å²) in [5.41, 5.74) is 0.972. The normalized spacial score (nSPS) is 11.0. The fourth-order valence-electron chi connectivity index (χ4n) is 2.41. The van der Waals surface area contributed by atoms with Gasteiger partial charge in [-0.3, -0.25) is 4.79 Å². The van der Waals surface area contributed by atoms with Crippen LogP contribution < -0.4 is 24.2 Å². The minimum Gasteiger partial charge on any atom is -0.497 e. The predicted octanol–water partition coefficient (Wildman–Crippen LogP) is 1.94. The first kappa shape index (κ1) is 20.5. The highest BCUT2D eigenvalue weighted by Gasteiger charge is 2.18. The van der Waals surface area contributed by atoms with Crippen LogP contribution in [0.15, 0.2) is 41.3 Å². The molecular formula is C18H22N2O6S. The van der Waals surface area contributed by atoms with Crippen LogP contribution in [0, 0.1) is 6.92 Å². The van der Waals surface area contributed by atoms with Gasteiger partial charge in [0.05, 0.1) is 32.8 Å². The highest BCUT2D eigenvalue weighted by atomic mass is 32.2.